The average molecular weight is 342 g/mol. The quantitative estimate of drug-likeness (QED) is 0.832. The Morgan fingerprint density at radius 2 is 1.92 bits per heavy atom. The lowest BCUT2D eigenvalue weighted by Crippen LogP contribution is -2.39. The van der Waals surface area contributed by atoms with E-state index in [0.717, 1.165) is 23.5 Å². The van der Waals surface area contributed by atoms with Gasteiger partial charge in [0, 0.05) is 27.2 Å². The van der Waals surface area contributed by atoms with E-state index in [-0.39, 0.29) is 11.4 Å². The molecule has 0 amide bonds. The molecule has 0 bridgehead atoms. The molecular weight excluding hydrogens is 324 g/mol. The second-order valence-electron chi connectivity index (χ2n) is 5.67. The van der Waals surface area contributed by atoms with E-state index in [9.17, 15) is 14.9 Å². The van der Waals surface area contributed by atoms with Crippen molar-refractivity contribution in [3.63, 3.8) is 0 Å². The van der Waals surface area contributed by atoms with Gasteiger partial charge in [0.1, 0.15) is 17.7 Å². The first kappa shape index (κ1) is 16.7. The van der Waals surface area contributed by atoms with E-state index in [1.54, 1.807) is 12.3 Å². The number of anilines is 3. The normalized spacial score (nSPS) is 14.2. The minimum absolute atomic E-state index is 0.123. The fourth-order valence-electron chi connectivity index (χ4n) is 2.67. The summed E-state index contributed by atoms with van der Waals surface area (Å²) in [6.07, 6.45) is 1.61. The van der Waals surface area contributed by atoms with Gasteiger partial charge < -0.3 is 15.0 Å². The van der Waals surface area contributed by atoms with Gasteiger partial charge in [-0.05, 0) is 12.1 Å². The van der Waals surface area contributed by atoms with Crippen LogP contribution in [0.15, 0.2) is 27.9 Å². The Morgan fingerprint density at radius 3 is 2.52 bits per heavy atom. The molecule has 3 heterocycles. The van der Waals surface area contributed by atoms with Crippen LogP contribution in [0.4, 0.5) is 17.3 Å². The predicted molar refractivity (Wildman–Crippen MR) is 92.2 cm³/mol. The summed E-state index contributed by atoms with van der Waals surface area (Å²) in [7, 11) is 2.84. The molecule has 3 rings (SSSR count). The summed E-state index contributed by atoms with van der Waals surface area (Å²) in [5.74, 6) is 0.976. The molecule has 0 unspecified atom stereocenters. The maximum Gasteiger partial charge on any atom is 0.332 e. The number of hydrogen-bond donors (Lipinski definition) is 1. The summed E-state index contributed by atoms with van der Waals surface area (Å²) >= 11 is 0. The van der Waals surface area contributed by atoms with Gasteiger partial charge in [0.05, 0.1) is 25.1 Å². The lowest BCUT2D eigenvalue weighted by molar-refractivity contribution is 0.122. The van der Waals surface area contributed by atoms with Crippen molar-refractivity contribution in [1.82, 2.24) is 14.1 Å². The van der Waals surface area contributed by atoms with Crippen LogP contribution >= 0.6 is 0 Å². The zero-order chi connectivity index (χ0) is 18.0. The Hall–Kier alpha value is -3.12. The van der Waals surface area contributed by atoms with Crippen molar-refractivity contribution in [2.75, 3.05) is 36.5 Å². The number of nitrogens with one attached hydrogen (secondary N) is 1. The molecular formula is C16H18N6O3. The topological polar surface area (TPSA) is 105 Å². The molecule has 0 radical (unpaired) electrons. The minimum atomic E-state index is -0.633. The van der Waals surface area contributed by atoms with Crippen LogP contribution in [0.25, 0.3) is 0 Å². The van der Waals surface area contributed by atoms with Gasteiger partial charge in [0.2, 0.25) is 0 Å². The number of ether oxygens (including phenoxy) is 1. The van der Waals surface area contributed by atoms with Gasteiger partial charge in [0.25, 0.3) is 5.56 Å². The van der Waals surface area contributed by atoms with Crippen LogP contribution in [0.2, 0.25) is 0 Å². The van der Waals surface area contributed by atoms with E-state index < -0.39 is 11.2 Å². The number of nitrogens with zero attached hydrogens (tertiary/aromatic N) is 5. The van der Waals surface area contributed by atoms with Crippen LogP contribution in [0.3, 0.4) is 0 Å². The monoisotopic (exact) mass is 342 g/mol. The molecule has 9 nitrogen and oxygen atoms in total. The van der Waals surface area contributed by atoms with Crippen LogP contribution < -0.4 is 21.5 Å². The van der Waals surface area contributed by atoms with Crippen LogP contribution in [0, 0.1) is 11.3 Å². The van der Waals surface area contributed by atoms with E-state index in [0.29, 0.717) is 18.9 Å². The van der Waals surface area contributed by atoms with Gasteiger partial charge in [0.15, 0.2) is 5.56 Å². The van der Waals surface area contributed by atoms with Gasteiger partial charge in [-0.25, -0.2) is 9.78 Å². The number of nitriles is 1. The second-order valence-corrected chi connectivity index (χ2v) is 5.67. The maximum absolute atomic E-state index is 12.1. The first-order chi connectivity index (χ1) is 12.0. The average Bonchev–Trinajstić information content (AvgIpc) is 2.66. The number of rotatable bonds is 3. The van der Waals surface area contributed by atoms with E-state index in [1.807, 2.05) is 12.1 Å². The highest BCUT2D eigenvalue weighted by Crippen LogP contribution is 2.19. The molecule has 0 saturated carbocycles. The molecule has 1 saturated heterocycles. The van der Waals surface area contributed by atoms with Crippen molar-refractivity contribution in [2.45, 2.75) is 0 Å². The predicted octanol–water partition coefficient (Wildman–Crippen LogP) is -0.0691. The molecule has 130 valence electrons. The lowest BCUT2D eigenvalue weighted by Gasteiger charge is -2.27. The van der Waals surface area contributed by atoms with E-state index in [4.69, 9.17) is 4.74 Å². The van der Waals surface area contributed by atoms with Crippen molar-refractivity contribution in [1.29, 1.82) is 5.26 Å². The molecule has 1 aliphatic rings. The molecule has 1 N–H and O–H groups in total. The van der Waals surface area contributed by atoms with Crippen LogP contribution in [0.1, 0.15) is 5.56 Å². The first-order valence-corrected chi connectivity index (χ1v) is 7.79. The summed E-state index contributed by atoms with van der Waals surface area (Å²) in [5.41, 5.74) is -0.686. The maximum atomic E-state index is 12.1. The van der Waals surface area contributed by atoms with Gasteiger partial charge >= 0.3 is 5.69 Å². The number of hydrogen-bond acceptors (Lipinski definition) is 7. The summed E-state index contributed by atoms with van der Waals surface area (Å²) in [4.78, 5) is 30.7. The summed E-state index contributed by atoms with van der Waals surface area (Å²) < 4.78 is 7.46. The van der Waals surface area contributed by atoms with Crippen molar-refractivity contribution in [3.8, 4) is 6.07 Å². The Balaban J connectivity index is 1.92. The van der Waals surface area contributed by atoms with Crippen LogP contribution in [-0.4, -0.2) is 40.4 Å². The van der Waals surface area contributed by atoms with Gasteiger partial charge in [-0.15, -0.1) is 0 Å². The fraction of sp³-hybridized carbons (Fsp3) is 0.375. The second kappa shape index (κ2) is 6.78. The highest BCUT2D eigenvalue weighted by Gasteiger charge is 2.16. The van der Waals surface area contributed by atoms with Crippen molar-refractivity contribution in [2.24, 2.45) is 14.1 Å². The Morgan fingerprint density at radius 1 is 1.20 bits per heavy atom. The van der Waals surface area contributed by atoms with Crippen molar-refractivity contribution in [3.05, 3.63) is 44.7 Å². The highest BCUT2D eigenvalue weighted by molar-refractivity contribution is 5.63. The Labute approximate surface area is 143 Å². The SMILES string of the molecule is Cn1c(Nc2ccc(N3CCOCC3)nc2)c(C#N)c(=O)n(C)c1=O. The number of aromatic nitrogens is 3. The standard InChI is InChI=1S/C16H18N6O3/c1-20-14(12(9-17)15(23)21(2)16(20)24)19-11-3-4-13(18-10-11)22-5-7-25-8-6-22/h3-4,10,19H,5-8H2,1-2H3. The smallest absolute Gasteiger partial charge is 0.332 e. The van der Waals surface area contributed by atoms with Crippen LogP contribution in [0.5, 0.6) is 0 Å². The first-order valence-electron chi connectivity index (χ1n) is 7.79. The third-order valence-electron chi connectivity index (χ3n) is 4.12. The largest absolute Gasteiger partial charge is 0.378 e. The fourth-order valence-corrected chi connectivity index (χ4v) is 2.67. The lowest BCUT2D eigenvalue weighted by atomic mass is 10.3. The number of morpholine rings is 1. The highest BCUT2D eigenvalue weighted by atomic mass is 16.5. The Kier molecular flexibility index (Phi) is 4.54. The third-order valence-corrected chi connectivity index (χ3v) is 4.12. The van der Waals surface area contributed by atoms with Gasteiger partial charge in [-0.3, -0.25) is 13.9 Å². The minimum Gasteiger partial charge on any atom is -0.378 e. The van der Waals surface area contributed by atoms with Gasteiger partial charge in [-0.1, -0.05) is 0 Å². The molecule has 2 aromatic heterocycles. The molecule has 1 fully saturated rings. The zero-order valence-electron chi connectivity index (χ0n) is 14.0. The van der Waals surface area contributed by atoms with E-state index in [1.165, 1.54) is 18.7 Å². The summed E-state index contributed by atoms with van der Waals surface area (Å²) in [5, 5.41) is 12.2. The van der Waals surface area contributed by atoms with Crippen molar-refractivity contribution >= 4 is 17.3 Å². The molecule has 0 spiro atoms. The molecule has 1 aliphatic heterocycles. The van der Waals surface area contributed by atoms with Crippen LogP contribution in [-0.2, 0) is 18.8 Å². The molecule has 2 aromatic rings. The zero-order valence-corrected chi connectivity index (χ0v) is 14.0. The molecule has 0 aromatic carbocycles. The van der Waals surface area contributed by atoms with E-state index >= 15 is 0 Å². The Bertz CT molecular complexity index is 933. The molecule has 25 heavy (non-hydrogen) atoms. The van der Waals surface area contributed by atoms with E-state index in [2.05, 4.69) is 15.2 Å². The third kappa shape index (κ3) is 3.12. The summed E-state index contributed by atoms with van der Waals surface area (Å²) in [6, 6.07) is 5.50. The summed E-state index contributed by atoms with van der Waals surface area (Å²) in [6.45, 7) is 2.90. The molecule has 0 aliphatic carbocycles. The van der Waals surface area contributed by atoms with Gasteiger partial charge in [-0.2, -0.15) is 5.26 Å². The van der Waals surface area contributed by atoms with Crippen molar-refractivity contribution < 1.29 is 4.74 Å². The molecule has 0 atom stereocenters. The molecule has 9 heteroatoms. The number of pyridine rings is 1.